The van der Waals surface area contributed by atoms with E-state index in [1.54, 1.807) is 6.07 Å². The highest BCUT2D eigenvalue weighted by Gasteiger charge is 2.21. The van der Waals surface area contributed by atoms with Gasteiger partial charge >= 0.3 is 0 Å². The molecule has 0 atom stereocenters. The van der Waals surface area contributed by atoms with Gasteiger partial charge in [0.1, 0.15) is 5.76 Å². The Labute approximate surface area is 124 Å². The molecular weight excluding hydrogens is 292 g/mol. The number of benzene rings is 1. The molecule has 0 aliphatic heterocycles. The minimum atomic E-state index is -3.54. The van der Waals surface area contributed by atoms with Crippen molar-refractivity contribution >= 4 is 15.7 Å². The van der Waals surface area contributed by atoms with Crippen LogP contribution in [0.15, 0.2) is 45.9 Å². The maximum Gasteiger partial charge on any atom is 0.275 e. The molecule has 0 fully saturated rings. The molecule has 0 saturated carbocycles. The standard InChI is InChI=1S/C14H18N2O4S/c1-16(2)21(18,19)14-8-7-13(20-14)9-15-12-5-3-11(10-17)4-6-12/h3-8,15,17H,9-10H2,1-2H3. The number of anilines is 1. The third-order valence-electron chi connectivity index (χ3n) is 2.98. The highest BCUT2D eigenvalue weighted by molar-refractivity contribution is 7.88. The van der Waals surface area contributed by atoms with Crippen molar-refractivity contribution in [2.45, 2.75) is 18.2 Å². The monoisotopic (exact) mass is 310 g/mol. The average Bonchev–Trinajstić information content (AvgIpc) is 2.95. The van der Waals surface area contributed by atoms with Crippen LogP contribution in [0.1, 0.15) is 11.3 Å². The summed E-state index contributed by atoms with van der Waals surface area (Å²) in [7, 11) is -0.623. The minimum Gasteiger partial charge on any atom is -0.446 e. The number of aliphatic hydroxyl groups excluding tert-OH is 1. The van der Waals surface area contributed by atoms with Crippen molar-refractivity contribution in [2.24, 2.45) is 0 Å². The summed E-state index contributed by atoms with van der Waals surface area (Å²) >= 11 is 0. The second-order valence-corrected chi connectivity index (χ2v) is 6.80. The molecule has 1 heterocycles. The van der Waals surface area contributed by atoms with Crippen LogP contribution in [0.25, 0.3) is 0 Å². The molecule has 7 heteroatoms. The van der Waals surface area contributed by atoms with Gasteiger partial charge in [0.05, 0.1) is 13.2 Å². The first kappa shape index (κ1) is 15.6. The van der Waals surface area contributed by atoms with Crippen molar-refractivity contribution in [3.8, 4) is 0 Å². The van der Waals surface area contributed by atoms with Crippen molar-refractivity contribution in [1.29, 1.82) is 0 Å². The number of hydrogen-bond donors (Lipinski definition) is 2. The van der Waals surface area contributed by atoms with E-state index in [0.29, 0.717) is 12.3 Å². The van der Waals surface area contributed by atoms with Gasteiger partial charge in [-0.2, -0.15) is 0 Å². The Balaban J connectivity index is 2.03. The van der Waals surface area contributed by atoms with Crippen molar-refractivity contribution in [3.05, 3.63) is 47.7 Å². The molecule has 0 radical (unpaired) electrons. The topological polar surface area (TPSA) is 82.8 Å². The lowest BCUT2D eigenvalue weighted by Crippen LogP contribution is -2.21. The average molecular weight is 310 g/mol. The van der Waals surface area contributed by atoms with Gasteiger partial charge in [0.2, 0.25) is 5.09 Å². The Morgan fingerprint density at radius 3 is 2.38 bits per heavy atom. The summed E-state index contributed by atoms with van der Waals surface area (Å²) in [5.41, 5.74) is 1.69. The lowest BCUT2D eigenvalue weighted by atomic mass is 10.2. The molecule has 2 aromatic rings. The lowest BCUT2D eigenvalue weighted by molar-refractivity contribution is 0.282. The minimum absolute atomic E-state index is 0.00419. The van der Waals surface area contributed by atoms with Crippen LogP contribution in [-0.4, -0.2) is 31.9 Å². The van der Waals surface area contributed by atoms with Crippen LogP contribution < -0.4 is 5.32 Å². The number of rotatable bonds is 6. The van der Waals surface area contributed by atoms with Gasteiger partial charge in [0.15, 0.2) is 0 Å². The summed E-state index contributed by atoms with van der Waals surface area (Å²) in [6.45, 7) is 0.381. The van der Waals surface area contributed by atoms with Gasteiger partial charge in [-0.15, -0.1) is 0 Å². The van der Waals surface area contributed by atoms with Crippen LogP contribution in [-0.2, 0) is 23.2 Å². The summed E-state index contributed by atoms with van der Waals surface area (Å²) in [6.07, 6.45) is 0. The lowest BCUT2D eigenvalue weighted by Gasteiger charge is -2.08. The molecule has 0 spiro atoms. The largest absolute Gasteiger partial charge is 0.446 e. The van der Waals surface area contributed by atoms with E-state index in [1.807, 2.05) is 24.3 Å². The number of furan rings is 1. The zero-order chi connectivity index (χ0) is 15.5. The van der Waals surface area contributed by atoms with E-state index in [-0.39, 0.29) is 11.7 Å². The zero-order valence-electron chi connectivity index (χ0n) is 11.9. The normalized spacial score (nSPS) is 11.8. The first-order valence-electron chi connectivity index (χ1n) is 6.38. The Kier molecular flexibility index (Phi) is 4.66. The van der Waals surface area contributed by atoms with E-state index in [1.165, 1.54) is 20.2 Å². The molecule has 0 bridgehead atoms. The molecule has 21 heavy (non-hydrogen) atoms. The van der Waals surface area contributed by atoms with E-state index < -0.39 is 10.0 Å². The molecule has 6 nitrogen and oxygen atoms in total. The molecule has 0 aliphatic carbocycles. The van der Waals surface area contributed by atoms with Crippen molar-refractivity contribution in [1.82, 2.24) is 4.31 Å². The first-order chi connectivity index (χ1) is 9.93. The second kappa shape index (κ2) is 6.30. The zero-order valence-corrected chi connectivity index (χ0v) is 12.7. The smallest absolute Gasteiger partial charge is 0.275 e. The van der Waals surface area contributed by atoms with E-state index in [4.69, 9.17) is 9.52 Å². The predicted octanol–water partition coefficient (Wildman–Crippen LogP) is 1.63. The third kappa shape index (κ3) is 3.63. The summed E-state index contributed by atoms with van der Waals surface area (Å²) in [5, 5.41) is 12.0. The van der Waals surface area contributed by atoms with E-state index >= 15 is 0 Å². The van der Waals surface area contributed by atoms with E-state index in [0.717, 1.165) is 15.6 Å². The molecule has 0 aliphatic rings. The van der Waals surface area contributed by atoms with Gasteiger partial charge < -0.3 is 14.8 Å². The number of aliphatic hydroxyl groups is 1. The maximum absolute atomic E-state index is 11.9. The number of hydrogen-bond acceptors (Lipinski definition) is 5. The fourth-order valence-electron chi connectivity index (χ4n) is 1.69. The van der Waals surface area contributed by atoms with Gasteiger partial charge in [0.25, 0.3) is 10.0 Å². The molecule has 1 aromatic carbocycles. The fraction of sp³-hybridized carbons (Fsp3) is 0.286. The van der Waals surface area contributed by atoms with Crippen LogP contribution in [0, 0.1) is 0 Å². The van der Waals surface area contributed by atoms with Crippen molar-refractivity contribution in [2.75, 3.05) is 19.4 Å². The Bertz CT molecular complexity index is 690. The summed E-state index contributed by atoms with van der Waals surface area (Å²) < 4.78 is 30.2. The molecule has 114 valence electrons. The molecular formula is C14H18N2O4S. The number of nitrogens with one attached hydrogen (secondary N) is 1. The third-order valence-corrected chi connectivity index (χ3v) is 4.66. The van der Waals surface area contributed by atoms with Gasteiger partial charge in [-0.25, -0.2) is 12.7 Å². The second-order valence-electron chi connectivity index (χ2n) is 4.72. The van der Waals surface area contributed by atoms with Gasteiger partial charge in [-0.1, -0.05) is 12.1 Å². The summed E-state index contributed by atoms with van der Waals surface area (Å²) in [4.78, 5) is 0. The van der Waals surface area contributed by atoms with Crippen LogP contribution in [0.2, 0.25) is 0 Å². The molecule has 2 N–H and O–H groups in total. The van der Waals surface area contributed by atoms with Crippen LogP contribution in [0.4, 0.5) is 5.69 Å². The summed E-state index contributed by atoms with van der Waals surface area (Å²) in [6, 6.07) is 10.4. The quantitative estimate of drug-likeness (QED) is 0.847. The van der Waals surface area contributed by atoms with E-state index in [2.05, 4.69) is 5.32 Å². The summed E-state index contributed by atoms with van der Waals surface area (Å²) in [5.74, 6) is 0.529. The van der Waals surface area contributed by atoms with Crippen LogP contribution in [0.5, 0.6) is 0 Å². The molecule has 0 amide bonds. The fourth-order valence-corrected chi connectivity index (χ4v) is 2.50. The number of nitrogens with zero attached hydrogens (tertiary/aromatic N) is 1. The van der Waals surface area contributed by atoms with Crippen LogP contribution in [0.3, 0.4) is 0 Å². The van der Waals surface area contributed by atoms with Crippen LogP contribution >= 0.6 is 0 Å². The Morgan fingerprint density at radius 2 is 1.81 bits per heavy atom. The van der Waals surface area contributed by atoms with Gasteiger partial charge in [0, 0.05) is 19.8 Å². The van der Waals surface area contributed by atoms with Gasteiger partial charge in [-0.05, 0) is 29.8 Å². The molecule has 0 unspecified atom stereocenters. The Hall–Kier alpha value is -1.83. The predicted molar refractivity (Wildman–Crippen MR) is 79.3 cm³/mol. The first-order valence-corrected chi connectivity index (χ1v) is 7.82. The van der Waals surface area contributed by atoms with Gasteiger partial charge in [-0.3, -0.25) is 0 Å². The molecule has 0 saturated heterocycles. The van der Waals surface area contributed by atoms with Crippen molar-refractivity contribution < 1.29 is 17.9 Å². The molecule has 1 aromatic heterocycles. The maximum atomic E-state index is 11.9. The van der Waals surface area contributed by atoms with Crippen molar-refractivity contribution in [3.63, 3.8) is 0 Å². The Morgan fingerprint density at radius 1 is 1.14 bits per heavy atom. The number of sulfonamides is 1. The highest BCUT2D eigenvalue weighted by Crippen LogP contribution is 2.18. The highest BCUT2D eigenvalue weighted by atomic mass is 32.2. The molecule has 2 rings (SSSR count). The SMILES string of the molecule is CN(C)S(=O)(=O)c1ccc(CNc2ccc(CO)cc2)o1. The van der Waals surface area contributed by atoms with E-state index in [9.17, 15) is 8.42 Å².